The topological polar surface area (TPSA) is 77.9 Å². The molecule has 76 valence electrons. The van der Waals surface area contributed by atoms with Gasteiger partial charge in [0.05, 0.1) is 19.0 Å². The quantitative estimate of drug-likeness (QED) is 0.666. The fourth-order valence-electron chi connectivity index (χ4n) is 1.08. The molecule has 2 heterocycles. The Labute approximate surface area is 85.4 Å². The molecule has 0 unspecified atom stereocenters. The van der Waals surface area contributed by atoms with E-state index in [-0.39, 0.29) is 5.69 Å². The molecule has 0 aliphatic rings. The van der Waals surface area contributed by atoms with E-state index < -0.39 is 5.97 Å². The number of carbonyl (C=O) groups excluding carboxylic acids is 1. The van der Waals surface area contributed by atoms with E-state index in [9.17, 15) is 4.79 Å². The molecule has 0 aliphatic carbocycles. The van der Waals surface area contributed by atoms with Crippen molar-refractivity contribution in [1.82, 2.24) is 19.9 Å². The highest BCUT2D eigenvalue weighted by atomic mass is 16.5. The maximum atomic E-state index is 11.3. The third-order valence-electron chi connectivity index (χ3n) is 1.71. The molecule has 0 bridgehead atoms. The molecule has 2 aromatic rings. The molecule has 15 heavy (non-hydrogen) atoms. The van der Waals surface area contributed by atoms with Gasteiger partial charge in [-0.05, 0) is 6.92 Å². The molecule has 0 aromatic carbocycles. The number of hydrogen-bond acceptors (Lipinski definition) is 6. The van der Waals surface area contributed by atoms with Gasteiger partial charge in [-0.2, -0.15) is 0 Å². The molecule has 0 N–H and O–H groups in total. The first-order valence-electron chi connectivity index (χ1n) is 4.41. The van der Waals surface area contributed by atoms with E-state index in [0.29, 0.717) is 17.8 Å². The lowest BCUT2D eigenvalue weighted by Gasteiger charge is -2.00. The van der Waals surface area contributed by atoms with Crippen molar-refractivity contribution in [3.8, 4) is 0 Å². The Morgan fingerprint density at radius 2 is 2.27 bits per heavy atom. The van der Waals surface area contributed by atoms with Gasteiger partial charge in [-0.3, -0.25) is 0 Å². The van der Waals surface area contributed by atoms with Gasteiger partial charge in [0.2, 0.25) is 0 Å². The molecular weight excluding hydrogens is 196 g/mol. The van der Waals surface area contributed by atoms with Crippen LogP contribution in [0.25, 0.3) is 11.2 Å². The lowest BCUT2D eigenvalue weighted by Crippen LogP contribution is -2.08. The summed E-state index contributed by atoms with van der Waals surface area (Å²) in [5.41, 5.74) is 1.10. The van der Waals surface area contributed by atoms with Crippen LogP contribution in [0.2, 0.25) is 0 Å². The fraction of sp³-hybridized carbons (Fsp3) is 0.222. The third kappa shape index (κ3) is 1.88. The van der Waals surface area contributed by atoms with E-state index in [1.165, 1.54) is 18.7 Å². The van der Waals surface area contributed by atoms with Crippen LogP contribution in [-0.2, 0) is 4.74 Å². The van der Waals surface area contributed by atoms with Crippen LogP contribution in [0.5, 0.6) is 0 Å². The van der Waals surface area contributed by atoms with Crippen LogP contribution in [0.15, 0.2) is 18.7 Å². The van der Waals surface area contributed by atoms with Crippen LogP contribution in [-0.4, -0.2) is 32.5 Å². The second-order valence-corrected chi connectivity index (χ2v) is 2.71. The zero-order valence-electron chi connectivity index (χ0n) is 8.04. The largest absolute Gasteiger partial charge is 0.461 e. The van der Waals surface area contributed by atoms with Crippen LogP contribution in [0.4, 0.5) is 0 Å². The smallest absolute Gasteiger partial charge is 0.358 e. The van der Waals surface area contributed by atoms with Crippen LogP contribution < -0.4 is 0 Å². The highest BCUT2D eigenvalue weighted by Gasteiger charge is 2.09. The first-order valence-corrected chi connectivity index (χ1v) is 4.41. The molecule has 0 radical (unpaired) electrons. The number of aromatic nitrogens is 4. The molecule has 0 saturated carbocycles. The van der Waals surface area contributed by atoms with Crippen LogP contribution in [0.1, 0.15) is 17.4 Å². The Morgan fingerprint density at radius 3 is 3.07 bits per heavy atom. The number of rotatable bonds is 2. The third-order valence-corrected chi connectivity index (χ3v) is 1.71. The van der Waals surface area contributed by atoms with Gasteiger partial charge in [-0.1, -0.05) is 0 Å². The van der Waals surface area contributed by atoms with Gasteiger partial charge in [0.25, 0.3) is 0 Å². The van der Waals surface area contributed by atoms with Gasteiger partial charge in [-0.25, -0.2) is 24.7 Å². The summed E-state index contributed by atoms with van der Waals surface area (Å²) in [5, 5.41) is 0. The van der Waals surface area contributed by atoms with Crippen molar-refractivity contribution in [2.24, 2.45) is 0 Å². The number of hydrogen-bond donors (Lipinski definition) is 0. The molecule has 6 heteroatoms. The van der Waals surface area contributed by atoms with Gasteiger partial charge < -0.3 is 4.74 Å². The van der Waals surface area contributed by atoms with Crippen molar-refractivity contribution in [2.45, 2.75) is 6.92 Å². The average Bonchev–Trinajstić information content (AvgIpc) is 2.29. The molecule has 0 spiro atoms. The van der Waals surface area contributed by atoms with Gasteiger partial charge in [0.15, 0.2) is 11.3 Å². The Morgan fingerprint density at radius 1 is 1.40 bits per heavy atom. The molecule has 0 aliphatic heterocycles. The van der Waals surface area contributed by atoms with Gasteiger partial charge in [0.1, 0.15) is 11.8 Å². The number of nitrogens with zero attached hydrogens (tertiary/aromatic N) is 4. The minimum atomic E-state index is -0.490. The van der Waals surface area contributed by atoms with Crippen molar-refractivity contribution in [3.63, 3.8) is 0 Å². The highest BCUT2D eigenvalue weighted by Crippen LogP contribution is 2.04. The predicted octanol–water partition coefficient (Wildman–Crippen LogP) is 0.597. The second kappa shape index (κ2) is 3.95. The van der Waals surface area contributed by atoms with Crippen molar-refractivity contribution in [1.29, 1.82) is 0 Å². The highest BCUT2D eigenvalue weighted by molar-refractivity contribution is 5.88. The van der Waals surface area contributed by atoms with Crippen molar-refractivity contribution in [2.75, 3.05) is 6.61 Å². The maximum absolute atomic E-state index is 11.3. The standard InChI is InChI=1S/C9H8N4O2/c1-2-15-9(14)7-4-11-8-6(13-7)3-10-5-12-8/h3-5H,2H2,1H3. The Bertz CT molecular complexity index is 500. The van der Waals surface area contributed by atoms with E-state index in [4.69, 9.17) is 4.74 Å². The van der Waals surface area contributed by atoms with Gasteiger partial charge >= 0.3 is 5.97 Å². The predicted molar refractivity (Wildman–Crippen MR) is 51.1 cm³/mol. The summed E-state index contributed by atoms with van der Waals surface area (Å²) in [4.78, 5) is 27.0. The fourth-order valence-corrected chi connectivity index (χ4v) is 1.08. The Hall–Kier alpha value is -2.11. The monoisotopic (exact) mass is 204 g/mol. The molecule has 0 saturated heterocycles. The van der Waals surface area contributed by atoms with Crippen molar-refractivity contribution < 1.29 is 9.53 Å². The maximum Gasteiger partial charge on any atom is 0.358 e. The Balaban J connectivity index is 2.42. The number of ether oxygens (including phenoxy) is 1. The summed E-state index contributed by atoms with van der Waals surface area (Å²) in [7, 11) is 0. The zero-order valence-corrected chi connectivity index (χ0v) is 8.04. The molecule has 0 atom stereocenters. The number of esters is 1. The first kappa shape index (κ1) is 9.45. The number of fused-ring (bicyclic) bond motifs is 1. The van der Waals surface area contributed by atoms with E-state index in [2.05, 4.69) is 19.9 Å². The zero-order chi connectivity index (χ0) is 10.7. The van der Waals surface area contributed by atoms with E-state index in [0.717, 1.165) is 0 Å². The van der Waals surface area contributed by atoms with Crippen molar-refractivity contribution in [3.05, 3.63) is 24.4 Å². The van der Waals surface area contributed by atoms with Crippen LogP contribution in [0.3, 0.4) is 0 Å². The summed E-state index contributed by atoms with van der Waals surface area (Å²) in [6.07, 6.45) is 4.21. The Kier molecular flexibility index (Phi) is 2.49. The van der Waals surface area contributed by atoms with Gasteiger partial charge in [0, 0.05) is 0 Å². The van der Waals surface area contributed by atoms with Crippen LogP contribution in [0, 0.1) is 0 Å². The summed E-state index contributed by atoms with van der Waals surface area (Å²) in [5.74, 6) is -0.490. The molecular formula is C9H8N4O2. The molecule has 2 aromatic heterocycles. The summed E-state index contributed by atoms with van der Waals surface area (Å²) >= 11 is 0. The first-order chi connectivity index (χ1) is 7.31. The van der Waals surface area contributed by atoms with E-state index >= 15 is 0 Å². The molecule has 6 nitrogen and oxygen atoms in total. The minimum absolute atomic E-state index is 0.166. The van der Waals surface area contributed by atoms with Crippen molar-refractivity contribution >= 4 is 17.1 Å². The molecule has 0 fully saturated rings. The molecule has 0 amide bonds. The normalized spacial score (nSPS) is 10.2. The lowest BCUT2D eigenvalue weighted by atomic mass is 10.4. The average molecular weight is 204 g/mol. The summed E-state index contributed by atoms with van der Waals surface area (Å²) in [6, 6.07) is 0. The van der Waals surface area contributed by atoms with E-state index in [1.54, 1.807) is 6.92 Å². The van der Waals surface area contributed by atoms with E-state index in [1.807, 2.05) is 0 Å². The summed E-state index contributed by atoms with van der Waals surface area (Å²) in [6.45, 7) is 2.04. The summed E-state index contributed by atoms with van der Waals surface area (Å²) < 4.78 is 4.79. The minimum Gasteiger partial charge on any atom is -0.461 e. The SMILES string of the molecule is CCOC(=O)c1cnc2ncncc2n1. The number of carbonyl (C=O) groups is 1. The second-order valence-electron chi connectivity index (χ2n) is 2.71. The van der Waals surface area contributed by atoms with Crippen LogP contribution >= 0.6 is 0 Å². The van der Waals surface area contributed by atoms with Gasteiger partial charge in [-0.15, -0.1) is 0 Å². The lowest BCUT2D eigenvalue weighted by molar-refractivity contribution is 0.0519. The molecule has 2 rings (SSSR count).